The molecule has 0 bridgehead atoms. The third-order valence-corrected chi connectivity index (χ3v) is 4.12. The van der Waals surface area contributed by atoms with E-state index in [2.05, 4.69) is 40.6 Å². The predicted molar refractivity (Wildman–Crippen MR) is 83.9 cm³/mol. The van der Waals surface area contributed by atoms with E-state index in [-0.39, 0.29) is 6.04 Å². The molecule has 0 spiro atoms. The Morgan fingerprint density at radius 2 is 2.18 bits per heavy atom. The molecular formula is C17H18N4O. The number of nitrogens with zero attached hydrogens (tertiary/aromatic N) is 3. The highest BCUT2D eigenvalue weighted by molar-refractivity contribution is 5.44. The highest BCUT2D eigenvalue weighted by atomic mass is 16.5. The van der Waals surface area contributed by atoms with Crippen LogP contribution in [0.5, 0.6) is 5.75 Å². The highest BCUT2D eigenvalue weighted by Gasteiger charge is 2.17. The number of para-hydroxylation sites is 1. The van der Waals surface area contributed by atoms with Gasteiger partial charge in [0.1, 0.15) is 5.75 Å². The van der Waals surface area contributed by atoms with Gasteiger partial charge < -0.3 is 10.1 Å². The zero-order valence-electron chi connectivity index (χ0n) is 12.5. The van der Waals surface area contributed by atoms with Crippen molar-refractivity contribution in [2.24, 2.45) is 0 Å². The molecule has 5 heteroatoms. The maximum absolute atomic E-state index is 5.75. The summed E-state index contributed by atoms with van der Waals surface area (Å²) < 4.78 is 7.77. The molecule has 0 fully saturated rings. The number of pyridine rings is 1. The largest absolute Gasteiger partial charge is 0.493 e. The number of rotatable bonds is 4. The van der Waals surface area contributed by atoms with Gasteiger partial charge in [-0.15, -0.1) is 10.2 Å². The van der Waals surface area contributed by atoms with E-state index in [1.807, 2.05) is 28.8 Å². The van der Waals surface area contributed by atoms with E-state index < -0.39 is 0 Å². The van der Waals surface area contributed by atoms with Crippen molar-refractivity contribution in [1.29, 1.82) is 0 Å². The topological polar surface area (TPSA) is 51.5 Å². The van der Waals surface area contributed by atoms with Crippen molar-refractivity contribution in [3.8, 4) is 5.75 Å². The monoisotopic (exact) mass is 294 g/mol. The second-order valence-corrected chi connectivity index (χ2v) is 5.59. The number of ether oxygens (including phenoxy) is 1. The average Bonchev–Trinajstić information content (AvgIpc) is 3.19. The first-order chi connectivity index (χ1) is 10.8. The molecule has 0 saturated carbocycles. The summed E-state index contributed by atoms with van der Waals surface area (Å²) in [4.78, 5) is 0. The molecule has 3 aromatic rings. The van der Waals surface area contributed by atoms with Crippen molar-refractivity contribution in [3.05, 3.63) is 59.5 Å². The molecule has 0 saturated heterocycles. The van der Waals surface area contributed by atoms with Gasteiger partial charge in [0.2, 0.25) is 0 Å². The summed E-state index contributed by atoms with van der Waals surface area (Å²) in [5, 5.41) is 12.0. The smallest absolute Gasteiger partial charge is 0.160 e. The van der Waals surface area contributed by atoms with E-state index in [0.29, 0.717) is 0 Å². The fourth-order valence-electron chi connectivity index (χ4n) is 2.93. The summed E-state index contributed by atoms with van der Waals surface area (Å²) >= 11 is 0. The van der Waals surface area contributed by atoms with Crippen LogP contribution in [0.1, 0.15) is 29.9 Å². The first-order valence-corrected chi connectivity index (χ1v) is 7.59. The molecule has 1 atom stereocenters. The maximum atomic E-state index is 5.75. The van der Waals surface area contributed by atoms with Crippen LogP contribution in [0, 0.1) is 0 Å². The molecule has 3 heterocycles. The van der Waals surface area contributed by atoms with Crippen LogP contribution in [-0.2, 0) is 13.0 Å². The van der Waals surface area contributed by atoms with Crippen molar-refractivity contribution in [2.45, 2.75) is 25.9 Å². The number of hydrogen-bond donors (Lipinski definition) is 1. The van der Waals surface area contributed by atoms with Gasteiger partial charge in [-0.2, -0.15) is 0 Å². The first kappa shape index (κ1) is 13.3. The van der Waals surface area contributed by atoms with Crippen LogP contribution in [0.4, 0.5) is 0 Å². The number of nitrogens with one attached hydrogen (secondary N) is 1. The van der Waals surface area contributed by atoms with Gasteiger partial charge in [-0.25, -0.2) is 0 Å². The lowest BCUT2D eigenvalue weighted by molar-refractivity contribution is 0.351. The van der Waals surface area contributed by atoms with Gasteiger partial charge in [-0.1, -0.05) is 24.3 Å². The molecule has 4 rings (SSSR count). The molecular weight excluding hydrogens is 276 g/mol. The van der Waals surface area contributed by atoms with Crippen molar-refractivity contribution in [3.63, 3.8) is 0 Å². The van der Waals surface area contributed by atoms with E-state index in [1.165, 1.54) is 11.1 Å². The van der Waals surface area contributed by atoms with Gasteiger partial charge in [0.05, 0.1) is 12.6 Å². The molecule has 1 aliphatic rings. The SMILES string of the molecule is CC(NCc1cccc2c1OCC2)c1nnc2ccccn12. The quantitative estimate of drug-likeness (QED) is 0.803. The molecule has 0 amide bonds. The van der Waals surface area contributed by atoms with Crippen LogP contribution in [0.25, 0.3) is 5.65 Å². The van der Waals surface area contributed by atoms with Gasteiger partial charge in [0, 0.05) is 24.7 Å². The Bertz CT molecular complexity index is 811. The average molecular weight is 294 g/mol. The fourth-order valence-corrected chi connectivity index (χ4v) is 2.93. The Labute approximate surface area is 128 Å². The lowest BCUT2D eigenvalue weighted by atomic mass is 10.1. The Morgan fingerprint density at radius 3 is 3.14 bits per heavy atom. The Hall–Kier alpha value is -2.40. The summed E-state index contributed by atoms with van der Waals surface area (Å²) in [6.07, 6.45) is 3.00. The second kappa shape index (κ2) is 5.42. The summed E-state index contributed by atoms with van der Waals surface area (Å²) in [5.41, 5.74) is 3.38. The number of aromatic nitrogens is 3. The van der Waals surface area contributed by atoms with E-state index in [1.54, 1.807) is 0 Å². The van der Waals surface area contributed by atoms with Crippen molar-refractivity contribution in [2.75, 3.05) is 6.61 Å². The minimum atomic E-state index is 0.106. The number of benzene rings is 1. The van der Waals surface area contributed by atoms with Crippen LogP contribution in [0.3, 0.4) is 0 Å². The minimum absolute atomic E-state index is 0.106. The van der Waals surface area contributed by atoms with Crippen LogP contribution in [-0.4, -0.2) is 21.2 Å². The van der Waals surface area contributed by atoms with Gasteiger partial charge in [0.25, 0.3) is 0 Å². The zero-order valence-corrected chi connectivity index (χ0v) is 12.5. The molecule has 1 unspecified atom stereocenters. The van der Waals surface area contributed by atoms with Crippen molar-refractivity contribution in [1.82, 2.24) is 19.9 Å². The normalized spacial score (nSPS) is 14.8. The third kappa shape index (κ3) is 2.23. The van der Waals surface area contributed by atoms with Crippen LogP contribution in [0.15, 0.2) is 42.6 Å². The summed E-state index contributed by atoms with van der Waals surface area (Å²) in [5.74, 6) is 1.97. The number of hydrogen-bond acceptors (Lipinski definition) is 4. The molecule has 22 heavy (non-hydrogen) atoms. The Balaban J connectivity index is 1.53. The minimum Gasteiger partial charge on any atom is -0.493 e. The zero-order chi connectivity index (χ0) is 14.9. The Morgan fingerprint density at radius 1 is 1.23 bits per heavy atom. The van der Waals surface area contributed by atoms with Gasteiger partial charge in [-0.05, 0) is 24.6 Å². The summed E-state index contributed by atoms with van der Waals surface area (Å²) in [6, 6.07) is 12.4. The van der Waals surface area contributed by atoms with Gasteiger partial charge in [-0.3, -0.25) is 4.40 Å². The standard InChI is InChI=1S/C17H18N4O/c1-12(17-20-19-15-7-2-3-9-21(15)17)18-11-14-6-4-5-13-8-10-22-16(13)14/h2-7,9,12,18H,8,10-11H2,1H3. The second-order valence-electron chi connectivity index (χ2n) is 5.59. The predicted octanol–water partition coefficient (Wildman–Crippen LogP) is 2.52. The van der Waals surface area contributed by atoms with Crippen LogP contribution in [0.2, 0.25) is 0 Å². The molecule has 5 nitrogen and oxygen atoms in total. The lowest BCUT2D eigenvalue weighted by Gasteiger charge is -2.14. The molecule has 112 valence electrons. The maximum Gasteiger partial charge on any atom is 0.160 e. The van der Waals surface area contributed by atoms with Gasteiger partial charge in [0.15, 0.2) is 11.5 Å². The molecule has 2 aromatic heterocycles. The van der Waals surface area contributed by atoms with Crippen LogP contribution >= 0.6 is 0 Å². The number of fused-ring (bicyclic) bond motifs is 2. The molecule has 1 aromatic carbocycles. The van der Waals surface area contributed by atoms with E-state index in [4.69, 9.17) is 4.74 Å². The Kier molecular flexibility index (Phi) is 3.27. The van der Waals surface area contributed by atoms with E-state index in [0.717, 1.165) is 36.8 Å². The van der Waals surface area contributed by atoms with E-state index in [9.17, 15) is 0 Å². The summed E-state index contributed by atoms with van der Waals surface area (Å²) in [6.45, 7) is 3.65. The highest BCUT2D eigenvalue weighted by Crippen LogP contribution is 2.29. The fraction of sp³-hybridized carbons (Fsp3) is 0.294. The lowest BCUT2D eigenvalue weighted by Crippen LogP contribution is -2.20. The van der Waals surface area contributed by atoms with Crippen LogP contribution < -0.4 is 10.1 Å². The molecule has 0 aliphatic carbocycles. The molecule has 1 N–H and O–H groups in total. The third-order valence-electron chi connectivity index (χ3n) is 4.12. The van der Waals surface area contributed by atoms with Crippen molar-refractivity contribution >= 4 is 5.65 Å². The van der Waals surface area contributed by atoms with Gasteiger partial charge >= 0.3 is 0 Å². The van der Waals surface area contributed by atoms with Crippen molar-refractivity contribution < 1.29 is 4.74 Å². The molecule has 0 radical (unpaired) electrons. The first-order valence-electron chi connectivity index (χ1n) is 7.59. The summed E-state index contributed by atoms with van der Waals surface area (Å²) in [7, 11) is 0. The van der Waals surface area contributed by atoms with E-state index >= 15 is 0 Å². The molecule has 1 aliphatic heterocycles.